The van der Waals surface area contributed by atoms with Gasteiger partial charge in [-0.1, -0.05) is 23.8 Å². The Morgan fingerprint density at radius 1 is 1.14 bits per heavy atom. The molecule has 1 N–H and O–H groups in total. The minimum Gasteiger partial charge on any atom is -0.483 e. The smallest absolute Gasteiger partial charge is 0.147 e. The fourth-order valence-electron chi connectivity index (χ4n) is 4.84. The van der Waals surface area contributed by atoms with E-state index < -0.39 is 0 Å². The number of ether oxygens (including phenoxy) is 1. The average Bonchev–Trinajstić information content (AvgIpc) is 3.43. The number of allylic oxidation sites excluding steroid dienone is 1. The number of pyridine rings is 1. The van der Waals surface area contributed by atoms with Crippen molar-refractivity contribution in [1.29, 1.82) is 0 Å². The van der Waals surface area contributed by atoms with Gasteiger partial charge in [0, 0.05) is 52.0 Å². The van der Waals surface area contributed by atoms with Crippen LogP contribution in [0.3, 0.4) is 0 Å². The second-order valence-electron chi connectivity index (χ2n) is 7.85. The Kier molecular flexibility index (Phi) is 3.63. The highest BCUT2D eigenvalue weighted by molar-refractivity contribution is 6.31. The number of hydrogen-bond acceptors (Lipinski definition) is 3. The Bertz CT molecular complexity index is 1130. The summed E-state index contributed by atoms with van der Waals surface area (Å²) in [6, 6.07) is 6.12. The zero-order chi connectivity index (χ0) is 18.7. The van der Waals surface area contributed by atoms with Crippen molar-refractivity contribution in [2.45, 2.75) is 44.6 Å². The summed E-state index contributed by atoms with van der Waals surface area (Å²) >= 11 is 6.51. The van der Waals surface area contributed by atoms with Crippen LogP contribution in [0.25, 0.3) is 17.2 Å². The first-order valence-corrected chi connectivity index (χ1v) is 10.4. The number of hydrogen-bond donors (Lipinski definition) is 1. The van der Waals surface area contributed by atoms with E-state index in [1.165, 1.54) is 29.7 Å². The van der Waals surface area contributed by atoms with Crippen LogP contribution in [0, 0.1) is 0 Å². The number of nitrogens with zero attached hydrogens (tertiary/aromatic N) is 2. The molecule has 0 saturated heterocycles. The van der Waals surface area contributed by atoms with Gasteiger partial charge in [0.25, 0.3) is 0 Å². The summed E-state index contributed by atoms with van der Waals surface area (Å²) in [6.07, 6.45) is 12.5. The van der Waals surface area contributed by atoms with Crippen LogP contribution in [-0.2, 0) is 25.7 Å². The Balaban J connectivity index is 1.44. The van der Waals surface area contributed by atoms with Gasteiger partial charge in [0.05, 0.1) is 5.69 Å². The van der Waals surface area contributed by atoms with E-state index in [1.807, 2.05) is 18.3 Å². The third-order valence-electron chi connectivity index (χ3n) is 6.15. The predicted octanol–water partition coefficient (Wildman–Crippen LogP) is 5.25. The Morgan fingerprint density at radius 2 is 2.07 bits per heavy atom. The molecule has 1 aromatic carbocycles. The standard InChI is InChI=1S/C23H20ClN3O/c24-14-10-13-11-21(22-17-4-1-2-6-20(17)26-27-22)28-23(13)18(12-14)15-8-9-25-19-7-3-5-16(15)19/h3,5,8-10,12,21H,1-2,4,6-7,11H2,(H,26,27). The number of aromatic amines is 1. The van der Waals surface area contributed by atoms with Crippen molar-refractivity contribution in [3.05, 3.63) is 69.3 Å². The van der Waals surface area contributed by atoms with Gasteiger partial charge in [-0.3, -0.25) is 10.1 Å². The maximum absolute atomic E-state index is 6.53. The first kappa shape index (κ1) is 16.4. The summed E-state index contributed by atoms with van der Waals surface area (Å²) in [7, 11) is 0. The lowest BCUT2D eigenvalue weighted by atomic mass is 9.93. The zero-order valence-corrected chi connectivity index (χ0v) is 16.2. The lowest BCUT2D eigenvalue weighted by molar-refractivity contribution is 0.232. The second kappa shape index (κ2) is 6.21. The van der Waals surface area contributed by atoms with E-state index in [0.29, 0.717) is 0 Å². The number of benzene rings is 1. The molecule has 0 bridgehead atoms. The van der Waals surface area contributed by atoms with Crippen LogP contribution in [0.15, 0.2) is 30.5 Å². The van der Waals surface area contributed by atoms with Gasteiger partial charge < -0.3 is 4.74 Å². The number of fused-ring (bicyclic) bond motifs is 3. The number of rotatable bonds is 2. The summed E-state index contributed by atoms with van der Waals surface area (Å²) in [4.78, 5) is 4.51. The molecule has 28 heavy (non-hydrogen) atoms. The van der Waals surface area contributed by atoms with Crippen LogP contribution >= 0.6 is 11.6 Å². The highest BCUT2D eigenvalue weighted by atomic mass is 35.5. The molecule has 4 nitrogen and oxygen atoms in total. The molecular formula is C23H20ClN3O. The molecule has 2 aromatic heterocycles. The number of halogens is 1. The molecule has 0 amide bonds. The molecule has 5 heteroatoms. The summed E-state index contributed by atoms with van der Waals surface area (Å²) in [6.45, 7) is 0. The van der Waals surface area contributed by atoms with Crippen molar-refractivity contribution in [2.75, 3.05) is 0 Å². The van der Waals surface area contributed by atoms with Gasteiger partial charge in [-0.25, -0.2) is 0 Å². The molecule has 1 atom stereocenters. The number of aromatic nitrogens is 3. The van der Waals surface area contributed by atoms with Gasteiger partial charge in [-0.2, -0.15) is 5.10 Å². The average molecular weight is 390 g/mol. The summed E-state index contributed by atoms with van der Waals surface area (Å²) < 4.78 is 6.53. The Labute approximate surface area is 168 Å². The van der Waals surface area contributed by atoms with E-state index in [4.69, 9.17) is 16.3 Å². The van der Waals surface area contributed by atoms with Crippen molar-refractivity contribution in [1.82, 2.24) is 15.2 Å². The fraction of sp³-hybridized carbons (Fsp3) is 0.304. The summed E-state index contributed by atoms with van der Waals surface area (Å²) in [5, 5.41) is 8.63. The summed E-state index contributed by atoms with van der Waals surface area (Å²) in [5.74, 6) is 0.940. The second-order valence-corrected chi connectivity index (χ2v) is 8.29. The Hall–Kier alpha value is -2.59. The van der Waals surface area contributed by atoms with Gasteiger partial charge in [-0.05, 0) is 49.4 Å². The maximum Gasteiger partial charge on any atom is 0.147 e. The molecule has 3 aliphatic rings. The maximum atomic E-state index is 6.53. The van der Waals surface area contributed by atoms with Gasteiger partial charge in [0.2, 0.25) is 0 Å². The lowest BCUT2D eigenvalue weighted by Crippen LogP contribution is -2.09. The van der Waals surface area contributed by atoms with Crippen LogP contribution in [0.1, 0.15) is 52.7 Å². The molecule has 6 rings (SSSR count). The van der Waals surface area contributed by atoms with E-state index in [-0.39, 0.29) is 6.10 Å². The van der Waals surface area contributed by atoms with E-state index in [1.54, 1.807) is 0 Å². The topological polar surface area (TPSA) is 50.8 Å². The van der Waals surface area contributed by atoms with E-state index in [9.17, 15) is 0 Å². The zero-order valence-electron chi connectivity index (χ0n) is 15.5. The van der Waals surface area contributed by atoms with Crippen LogP contribution in [-0.4, -0.2) is 15.2 Å². The molecular weight excluding hydrogens is 370 g/mol. The minimum absolute atomic E-state index is 0.0456. The molecule has 0 fully saturated rings. The molecule has 2 aliphatic carbocycles. The monoisotopic (exact) mass is 389 g/mol. The van der Waals surface area contributed by atoms with E-state index >= 15 is 0 Å². The highest BCUT2D eigenvalue weighted by Crippen LogP contribution is 2.47. The first-order chi connectivity index (χ1) is 13.8. The molecule has 3 heterocycles. The first-order valence-electron chi connectivity index (χ1n) is 9.98. The Morgan fingerprint density at radius 3 is 3.04 bits per heavy atom. The normalized spacial score (nSPS) is 19.2. The van der Waals surface area contributed by atoms with Crippen molar-refractivity contribution >= 4 is 17.7 Å². The van der Waals surface area contributed by atoms with Crippen molar-refractivity contribution < 1.29 is 4.74 Å². The number of aryl methyl sites for hydroxylation is 1. The van der Waals surface area contributed by atoms with Gasteiger partial charge in [-0.15, -0.1) is 0 Å². The highest BCUT2D eigenvalue weighted by Gasteiger charge is 2.33. The van der Waals surface area contributed by atoms with Crippen LogP contribution in [0.5, 0.6) is 5.75 Å². The molecule has 1 unspecified atom stereocenters. The van der Waals surface area contributed by atoms with Gasteiger partial charge in [0.1, 0.15) is 17.5 Å². The van der Waals surface area contributed by atoms with E-state index in [2.05, 4.69) is 33.4 Å². The van der Waals surface area contributed by atoms with Gasteiger partial charge in [0.15, 0.2) is 0 Å². The quantitative estimate of drug-likeness (QED) is 0.651. The van der Waals surface area contributed by atoms with E-state index in [0.717, 1.165) is 64.5 Å². The molecule has 1 aliphatic heterocycles. The van der Waals surface area contributed by atoms with Crippen molar-refractivity contribution in [3.8, 4) is 16.9 Å². The molecule has 0 radical (unpaired) electrons. The third kappa shape index (κ3) is 2.44. The minimum atomic E-state index is -0.0456. The molecule has 140 valence electrons. The third-order valence-corrected chi connectivity index (χ3v) is 6.37. The van der Waals surface area contributed by atoms with Gasteiger partial charge >= 0.3 is 0 Å². The molecule has 3 aromatic rings. The molecule has 0 saturated carbocycles. The van der Waals surface area contributed by atoms with Crippen LogP contribution in [0.2, 0.25) is 5.02 Å². The molecule has 0 spiro atoms. The summed E-state index contributed by atoms with van der Waals surface area (Å²) in [5.41, 5.74) is 9.38. The number of H-pyrrole nitrogens is 1. The van der Waals surface area contributed by atoms with Crippen molar-refractivity contribution in [2.24, 2.45) is 0 Å². The predicted molar refractivity (Wildman–Crippen MR) is 110 cm³/mol. The largest absolute Gasteiger partial charge is 0.483 e. The van der Waals surface area contributed by atoms with Crippen LogP contribution in [0.4, 0.5) is 0 Å². The SMILES string of the molecule is Clc1cc2c(c(-c3ccnc4c3C=CC4)c1)OC(c1n[nH]c3c1CCCC3)C2. The fourth-order valence-corrected chi connectivity index (χ4v) is 5.08. The van der Waals surface area contributed by atoms with Crippen molar-refractivity contribution in [3.63, 3.8) is 0 Å². The van der Waals surface area contributed by atoms with Crippen LogP contribution < -0.4 is 4.74 Å². The lowest BCUT2D eigenvalue weighted by Gasteiger charge is -2.16. The number of nitrogens with one attached hydrogen (secondary N) is 1.